The summed E-state index contributed by atoms with van der Waals surface area (Å²) in [5, 5.41) is 0. The highest BCUT2D eigenvalue weighted by Gasteiger charge is 2.25. The minimum Gasteiger partial charge on any atom is -0.377 e. The number of ether oxygens (including phenoxy) is 1. The SMILES string of the molecule is CC(C)C1CC(Br)CO1. The molecule has 2 atom stereocenters. The molecule has 1 saturated heterocycles. The first-order chi connectivity index (χ1) is 4.20. The second kappa shape index (κ2) is 3.02. The first kappa shape index (κ1) is 7.55. The van der Waals surface area contributed by atoms with Gasteiger partial charge in [-0.1, -0.05) is 29.8 Å². The largest absolute Gasteiger partial charge is 0.377 e. The summed E-state index contributed by atoms with van der Waals surface area (Å²) < 4.78 is 5.48. The average Bonchev–Trinajstić information content (AvgIpc) is 2.14. The molecule has 1 aliphatic rings. The average molecular weight is 193 g/mol. The monoisotopic (exact) mass is 192 g/mol. The molecule has 0 aliphatic carbocycles. The van der Waals surface area contributed by atoms with Gasteiger partial charge in [-0.15, -0.1) is 0 Å². The van der Waals surface area contributed by atoms with Gasteiger partial charge >= 0.3 is 0 Å². The van der Waals surface area contributed by atoms with Gasteiger partial charge in [0.05, 0.1) is 12.7 Å². The highest BCUT2D eigenvalue weighted by molar-refractivity contribution is 9.09. The first-order valence-electron chi connectivity index (χ1n) is 3.46. The third-order valence-electron chi connectivity index (χ3n) is 1.72. The van der Waals surface area contributed by atoms with E-state index in [1.54, 1.807) is 0 Å². The van der Waals surface area contributed by atoms with E-state index >= 15 is 0 Å². The van der Waals surface area contributed by atoms with Crippen LogP contribution < -0.4 is 0 Å². The molecule has 2 unspecified atom stereocenters. The summed E-state index contributed by atoms with van der Waals surface area (Å²) in [7, 11) is 0. The van der Waals surface area contributed by atoms with Crippen molar-refractivity contribution in [1.82, 2.24) is 0 Å². The molecule has 9 heavy (non-hydrogen) atoms. The molecule has 0 amide bonds. The highest BCUT2D eigenvalue weighted by Crippen LogP contribution is 2.24. The van der Waals surface area contributed by atoms with Gasteiger partial charge in [0.1, 0.15) is 0 Å². The Bertz CT molecular complexity index is 92.9. The molecule has 0 aromatic heterocycles. The van der Waals surface area contributed by atoms with Crippen molar-refractivity contribution in [2.24, 2.45) is 5.92 Å². The Kier molecular flexibility index (Phi) is 2.53. The maximum absolute atomic E-state index is 5.48. The molecule has 1 heterocycles. The maximum Gasteiger partial charge on any atom is 0.0610 e. The molecule has 1 rings (SSSR count). The maximum atomic E-state index is 5.48. The van der Waals surface area contributed by atoms with E-state index in [2.05, 4.69) is 29.8 Å². The molecule has 0 aromatic carbocycles. The van der Waals surface area contributed by atoms with Crippen molar-refractivity contribution in [1.29, 1.82) is 0 Å². The van der Waals surface area contributed by atoms with Gasteiger partial charge in [0.2, 0.25) is 0 Å². The predicted molar refractivity (Wildman–Crippen MR) is 41.9 cm³/mol. The molecule has 1 aliphatic heterocycles. The normalized spacial score (nSPS) is 36.0. The molecule has 2 heteroatoms. The Morgan fingerprint density at radius 2 is 2.22 bits per heavy atom. The molecular weight excluding hydrogens is 180 g/mol. The van der Waals surface area contributed by atoms with Crippen LogP contribution in [0.25, 0.3) is 0 Å². The Morgan fingerprint density at radius 3 is 2.44 bits per heavy atom. The van der Waals surface area contributed by atoms with Gasteiger partial charge in [0.25, 0.3) is 0 Å². The fraction of sp³-hybridized carbons (Fsp3) is 1.00. The smallest absolute Gasteiger partial charge is 0.0610 e. The lowest BCUT2D eigenvalue weighted by molar-refractivity contribution is 0.0761. The zero-order valence-electron chi connectivity index (χ0n) is 5.93. The van der Waals surface area contributed by atoms with Gasteiger partial charge in [0, 0.05) is 4.83 Å². The molecule has 0 spiro atoms. The standard InChI is InChI=1S/C7H13BrO/c1-5(2)7-3-6(8)4-9-7/h5-7H,3-4H2,1-2H3. The minimum atomic E-state index is 0.495. The van der Waals surface area contributed by atoms with Crippen LogP contribution in [0.2, 0.25) is 0 Å². The summed E-state index contributed by atoms with van der Waals surface area (Å²) in [6.45, 7) is 5.30. The first-order valence-corrected chi connectivity index (χ1v) is 4.37. The molecule has 54 valence electrons. The van der Waals surface area contributed by atoms with Crippen molar-refractivity contribution >= 4 is 15.9 Å². The fourth-order valence-corrected chi connectivity index (χ4v) is 1.60. The summed E-state index contributed by atoms with van der Waals surface area (Å²) in [6, 6.07) is 0. The van der Waals surface area contributed by atoms with Gasteiger partial charge in [-0.2, -0.15) is 0 Å². The zero-order chi connectivity index (χ0) is 6.85. The lowest BCUT2D eigenvalue weighted by atomic mass is 10.1. The lowest BCUT2D eigenvalue weighted by Gasteiger charge is -2.11. The molecule has 0 aromatic rings. The fourth-order valence-electron chi connectivity index (χ4n) is 1.08. The van der Waals surface area contributed by atoms with Crippen LogP contribution in [0.5, 0.6) is 0 Å². The van der Waals surface area contributed by atoms with Crippen LogP contribution in [-0.2, 0) is 4.74 Å². The van der Waals surface area contributed by atoms with E-state index in [1.807, 2.05) is 0 Å². The molecule has 1 fully saturated rings. The summed E-state index contributed by atoms with van der Waals surface area (Å²) >= 11 is 3.52. The topological polar surface area (TPSA) is 9.23 Å². The molecule has 1 nitrogen and oxygen atoms in total. The van der Waals surface area contributed by atoms with Crippen LogP contribution in [0.15, 0.2) is 0 Å². The zero-order valence-corrected chi connectivity index (χ0v) is 7.52. The summed E-state index contributed by atoms with van der Waals surface area (Å²) in [5.74, 6) is 0.674. The van der Waals surface area contributed by atoms with E-state index < -0.39 is 0 Å². The van der Waals surface area contributed by atoms with E-state index in [0.29, 0.717) is 16.8 Å². The van der Waals surface area contributed by atoms with Crippen LogP contribution >= 0.6 is 15.9 Å². The second-order valence-electron chi connectivity index (χ2n) is 2.95. The number of hydrogen-bond donors (Lipinski definition) is 0. The van der Waals surface area contributed by atoms with Crippen LogP contribution in [0, 0.1) is 5.92 Å². The van der Waals surface area contributed by atoms with Crippen molar-refractivity contribution in [3.05, 3.63) is 0 Å². The van der Waals surface area contributed by atoms with Gasteiger partial charge in [-0.25, -0.2) is 0 Å². The van der Waals surface area contributed by atoms with Gasteiger partial charge in [-0.05, 0) is 12.3 Å². The van der Waals surface area contributed by atoms with Gasteiger partial charge in [0.15, 0.2) is 0 Å². The van der Waals surface area contributed by atoms with Gasteiger partial charge in [-0.3, -0.25) is 0 Å². The molecule has 0 bridgehead atoms. The van der Waals surface area contributed by atoms with E-state index in [4.69, 9.17) is 4.74 Å². The van der Waals surface area contributed by atoms with Crippen molar-refractivity contribution in [3.63, 3.8) is 0 Å². The van der Waals surface area contributed by atoms with Crippen LogP contribution in [0.3, 0.4) is 0 Å². The molecular formula is C7H13BrO. The summed E-state index contributed by atoms with van der Waals surface area (Å²) in [5.41, 5.74) is 0. The number of hydrogen-bond acceptors (Lipinski definition) is 1. The highest BCUT2D eigenvalue weighted by atomic mass is 79.9. The van der Waals surface area contributed by atoms with E-state index in [0.717, 1.165) is 6.61 Å². The molecule has 0 saturated carbocycles. The van der Waals surface area contributed by atoms with E-state index in [1.165, 1.54) is 6.42 Å². The Hall–Kier alpha value is 0.440. The lowest BCUT2D eigenvalue weighted by Crippen LogP contribution is -2.12. The second-order valence-corrected chi connectivity index (χ2v) is 4.24. The number of alkyl halides is 1. The van der Waals surface area contributed by atoms with Crippen LogP contribution in [0.4, 0.5) is 0 Å². The number of rotatable bonds is 1. The van der Waals surface area contributed by atoms with Crippen molar-refractivity contribution in [3.8, 4) is 0 Å². The van der Waals surface area contributed by atoms with E-state index in [9.17, 15) is 0 Å². The van der Waals surface area contributed by atoms with E-state index in [-0.39, 0.29) is 0 Å². The Labute approximate surface area is 64.9 Å². The van der Waals surface area contributed by atoms with Crippen molar-refractivity contribution in [2.75, 3.05) is 6.61 Å². The Morgan fingerprint density at radius 1 is 1.56 bits per heavy atom. The predicted octanol–water partition coefficient (Wildman–Crippen LogP) is 2.19. The van der Waals surface area contributed by atoms with Crippen LogP contribution in [-0.4, -0.2) is 17.5 Å². The third kappa shape index (κ3) is 1.94. The van der Waals surface area contributed by atoms with Crippen molar-refractivity contribution in [2.45, 2.75) is 31.2 Å². The molecule has 0 N–H and O–H groups in total. The third-order valence-corrected chi connectivity index (χ3v) is 2.36. The van der Waals surface area contributed by atoms with Crippen LogP contribution in [0.1, 0.15) is 20.3 Å². The summed E-state index contributed by atoms with van der Waals surface area (Å²) in [6.07, 6.45) is 1.67. The minimum absolute atomic E-state index is 0.495. The van der Waals surface area contributed by atoms with Gasteiger partial charge < -0.3 is 4.74 Å². The number of halogens is 1. The molecule has 0 radical (unpaired) electrons. The van der Waals surface area contributed by atoms with Crippen molar-refractivity contribution < 1.29 is 4.74 Å². The Balaban J connectivity index is 2.30. The summed E-state index contributed by atoms with van der Waals surface area (Å²) in [4.78, 5) is 0.602. The quantitative estimate of drug-likeness (QED) is 0.580.